The Morgan fingerprint density at radius 1 is 0.523 bits per heavy atom. The molecule has 0 aliphatic heterocycles. The lowest BCUT2D eigenvalue weighted by Crippen LogP contribution is -2.20. The average Bonchev–Trinajstić information content (AvgIpc) is 3.00. The fraction of sp³-hybridized carbons (Fsp3) is 0.943. The van der Waals surface area contributed by atoms with Crippen LogP contribution in [0.3, 0.4) is 0 Å². The number of aliphatic hydroxyl groups is 2. The summed E-state index contributed by atoms with van der Waals surface area (Å²) in [4.78, 5) is 24.7. The second-order valence-electron chi connectivity index (χ2n) is 12.5. The zero-order chi connectivity index (χ0) is 32.6. The van der Waals surface area contributed by atoms with Gasteiger partial charge in [-0.15, -0.1) is 0 Å². The van der Waals surface area contributed by atoms with Crippen LogP contribution in [0.1, 0.15) is 194 Å². The third-order valence-corrected chi connectivity index (χ3v) is 9.35. The number of hydrogen-bond acceptors (Lipinski definition) is 8. The Labute approximate surface area is 270 Å². The molecule has 9 heteroatoms. The zero-order valence-electron chi connectivity index (χ0n) is 28.6. The van der Waals surface area contributed by atoms with Crippen LogP contribution in [0.5, 0.6) is 0 Å². The monoisotopic (exact) mass is 648 g/mol. The van der Waals surface area contributed by atoms with Gasteiger partial charge in [0.1, 0.15) is 6.10 Å². The summed E-state index contributed by atoms with van der Waals surface area (Å²) < 4.78 is 28.0. The Morgan fingerprint density at radius 3 is 1.07 bits per heavy atom. The summed E-state index contributed by atoms with van der Waals surface area (Å²) in [7, 11) is -4.54. The maximum Gasteiger partial charge on any atom is 0.592 e. The molecule has 0 rings (SSSR count). The third kappa shape index (κ3) is 29.7. The number of carbonyl (C=O) groups excluding carboxylic acids is 2. The summed E-state index contributed by atoms with van der Waals surface area (Å²) in [6, 6.07) is 0. The molecular formula is C35H69O8P. The maximum atomic E-state index is 13.0. The molecule has 262 valence electrons. The largest absolute Gasteiger partial charge is 0.592 e. The van der Waals surface area contributed by atoms with Crippen LogP contribution in [0.2, 0.25) is 0 Å². The van der Waals surface area contributed by atoms with Gasteiger partial charge in [0.05, 0.1) is 13.2 Å². The topological polar surface area (TPSA) is 119 Å². The quantitative estimate of drug-likeness (QED) is 0.0522. The van der Waals surface area contributed by atoms with E-state index in [4.69, 9.17) is 18.7 Å². The highest BCUT2D eigenvalue weighted by Crippen LogP contribution is 2.50. The van der Waals surface area contributed by atoms with Crippen LogP contribution in [0.4, 0.5) is 0 Å². The van der Waals surface area contributed by atoms with Crippen molar-refractivity contribution in [2.75, 3.05) is 13.2 Å². The number of phosphoric ester groups is 1. The Balaban J connectivity index is 4.11. The predicted molar refractivity (Wildman–Crippen MR) is 179 cm³/mol. The van der Waals surface area contributed by atoms with E-state index in [9.17, 15) is 19.3 Å². The number of aliphatic hydroxyl groups excluding tert-OH is 2. The minimum atomic E-state index is -4.54. The van der Waals surface area contributed by atoms with E-state index in [1.54, 1.807) is 0 Å². The van der Waals surface area contributed by atoms with Gasteiger partial charge in [0, 0.05) is 12.8 Å². The lowest BCUT2D eigenvalue weighted by atomic mass is 10.0. The molecule has 0 aliphatic rings. The van der Waals surface area contributed by atoms with E-state index in [-0.39, 0.29) is 12.8 Å². The van der Waals surface area contributed by atoms with Crippen molar-refractivity contribution in [3.8, 4) is 0 Å². The highest BCUT2D eigenvalue weighted by molar-refractivity contribution is 7.49. The highest BCUT2D eigenvalue weighted by atomic mass is 31.2. The Kier molecular flexibility index (Phi) is 31.3. The molecule has 0 spiro atoms. The number of unbranched alkanes of at least 4 members (excludes halogenated alkanes) is 24. The Bertz CT molecular complexity index is 654. The molecule has 0 aromatic carbocycles. The third-order valence-electron chi connectivity index (χ3n) is 8.03. The van der Waals surface area contributed by atoms with Crippen LogP contribution >= 0.6 is 7.82 Å². The highest BCUT2D eigenvalue weighted by Gasteiger charge is 2.35. The van der Waals surface area contributed by atoms with Crippen molar-refractivity contribution < 1.29 is 37.9 Å². The van der Waals surface area contributed by atoms with Crippen molar-refractivity contribution >= 4 is 19.8 Å². The fourth-order valence-corrected chi connectivity index (χ4v) is 6.39. The first-order chi connectivity index (χ1) is 21.4. The number of rotatable bonds is 34. The van der Waals surface area contributed by atoms with E-state index in [1.165, 1.54) is 116 Å². The average molecular weight is 649 g/mol. The van der Waals surface area contributed by atoms with Crippen molar-refractivity contribution in [3.05, 3.63) is 0 Å². The van der Waals surface area contributed by atoms with Crippen molar-refractivity contribution in [2.45, 2.75) is 200 Å². The summed E-state index contributed by atoms with van der Waals surface area (Å²) in [5.74, 6) is -1.52. The first-order valence-electron chi connectivity index (χ1n) is 18.3. The summed E-state index contributed by atoms with van der Waals surface area (Å²) in [6.45, 7) is 3.27. The predicted octanol–water partition coefficient (Wildman–Crippen LogP) is 10.5. The Morgan fingerprint density at radius 2 is 0.795 bits per heavy atom. The summed E-state index contributed by atoms with van der Waals surface area (Å²) >= 11 is 0. The fourth-order valence-electron chi connectivity index (χ4n) is 5.22. The molecule has 0 heterocycles. The van der Waals surface area contributed by atoms with Gasteiger partial charge in [-0.1, -0.05) is 168 Å². The molecule has 2 N–H and O–H groups in total. The molecule has 1 atom stereocenters. The normalized spacial score (nSPS) is 12.4. The molecule has 0 unspecified atom stereocenters. The van der Waals surface area contributed by atoms with E-state index in [2.05, 4.69) is 13.8 Å². The van der Waals surface area contributed by atoms with Gasteiger partial charge in [0.25, 0.3) is 0 Å². The second kappa shape index (κ2) is 32.0. The van der Waals surface area contributed by atoms with Gasteiger partial charge >= 0.3 is 19.8 Å². The number of carbonyl (C=O) groups is 2. The van der Waals surface area contributed by atoms with Crippen LogP contribution in [-0.2, 0) is 27.7 Å². The van der Waals surface area contributed by atoms with Gasteiger partial charge in [-0.3, -0.25) is 14.1 Å². The summed E-state index contributed by atoms with van der Waals surface area (Å²) in [5, 5.41) is 18.6. The maximum absolute atomic E-state index is 13.0. The lowest BCUT2D eigenvalue weighted by molar-refractivity contribution is -0.141. The van der Waals surface area contributed by atoms with Gasteiger partial charge in [-0.25, -0.2) is 4.57 Å². The second-order valence-corrected chi connectivity index (χ2v) is 14.0. The van der Waals surface area contributed by atoms with Gasteiger partial charge in [0.2, 0.25) is 0 Å². The molecule has 0 aromatic heterocycles. The van der Waals surface area contributed by atoms with Gasteiger partial charge in [0.15, 0.2) is 0 Å². The van der Waals surface area contributed by atoms with Gasteiger partial charge in [-0.05, 0) is 12.8 Å². The molecule has 0 radical (unpaired) electrons. The van der Waals surface area contributed by atoms with E-state index in [0.717, 1.165) is 38.5 Å². The van der Waals surface area contributed by atoms with Crippen molar-refractivity contribution in [1.29, 1.82) is 0 Å². The van der Waals surface area contributed by atoms with E-state index in [1.807, 2.05) is 0 Å². The molecule has 0 fully saturated rings. The van der Waals surface area contributed by atoms with Crippen molar-refractivity contribution in [2.24, 2.45) is 0 Å². The Hall–Kier alpha value is -0.950. The molecule has 0 aliphatic carbocycles. The van der Waals surface area contributed by atoms with Crippen LogP contribution in [0.15, 0.2) is 0 Å². The molecule has 0 saturated carbocycles. The summed E-state index contributed by atoms with van der Waals surface area (Å²) in [6.07, 6.45) is 29.4. The van der Waals surface area contributed by atoms with E-state index >= 15 is 0 Å². The molecule has 8 nitrogen and oxygen atoms in total. The zero-order valence-corrected chi connectivity index (χ0v) is 29.5. The molecule has 0 bridgehead atoms. The standard InChI is InChI=1S/C35H69O8P/c1-3-5-7-9-11-13-15-17-19-21-23-25-27-29-34(38)42-44(40,41-32-33(37)31-36)43-35(39)30-28-26-24-22-20-18-16-14-12-10-8-6-4-2/h33,36-37H,3-32H2,1-2H3/t33-/m1/s1. The number of hydrogen-bond donors (Lipinski definition) is 2. The van der Waals surface area contributed by atoms with Crippen molar-refractivity contribution in [1.82, 2.24) is 0 Å². The van der Waals surface area contributed by atoms with Crippen LogP contribution in [0.25, 0.3) is 0 Å². The molecule has 44 heavy (non-hydrogen) atoms. The van der Waals surface area contributed by atoms with Gasteiger partial charge < -0.3 is 19.3 Å². The van der Waals surface area contributed by atoms with Gasteiger partial charge in [-0.2, -0.15) is 0 Å². The minimum absolute atomic E-state index is 0.0457. The molecule has 0 amide bonds. The minimum Gasteiger partial charge on any atom is -0.394 e. The molecule has 0 aromatic rings. The molecular weight excluding hydrogens is 579 g/mol. The van der Waals surface area contributed by atoms with Crippen LogP contribution in [0, 0.1) is 0 Å². The SMILES string of the molecule is CCCCCCCCCCCCCCCC(=O)OP(=O)(OC[C@H](O)CO)OC(=O)CCCCCCCCCCCCCCC. The molecule has 0 saturated heterocycles. The first-order valence-corrected chi connectivity index (χ1v) is 19.8. The first kappa shape index (κ1) is 43.0. The number of phosphoric acid groups is 1. The van der Waals surface area contributed by atoms with Crippen LogP contribution < -0.4 is 0 Å². The van der Waals surface area contributed by atoms with Crippen LogP contribution in [-0.4, -0.2) is 41.5 Å². The van der Waals surface area contributed by atoms with Crippen molar-refractivity contribution in [3.63, 3.8) is 0 Å². The van der Waals surface area contributed by atoms with E-state index in [0.29, 0.717) is 12.8 Å². The lowest BCUT2D eigenvalue weighted by Gasteiger charge is -2.18. The smallest absolute Gasteiger partial charge is 0.394 e. The van der Waals surface area contributed by atoms with E-state index < -0.39 is 39.1 Å². The summed E-state index contributed by atoms with van der Waals surface area (Å²) in [5.41, 5.74) is 0.